The summed E-state index contributed by atoms with van der Waals surface area (Å²) in [5, 5.41) is 129. The highest BCUT2D eigenvalue weighted by Crippen LogP contribution is 2.76. The molecule has 7 fully saturated rings. The quantitative estimate of drug-likeness (QED) is 0.0765. The standard InChI is InChI=1S/C48H76O20/c1-20-27(52)29(54)32(57)39(63-20)65-35-31(56)34(59)41(66-36(35)38(60)61)67-37-23(51)17-44(4)25(45(37,5)19-50)10-11-47(7)26(44)9-8-21-22-16-43(2,3)12-14-48(22,15-13-46(21,47)6)42(62)68-40-33(58)30(55)28(53)24(18-49)64-40/h8,20,22-37,39-41,49-59H,9-19H2,1-7H3,(H,60,61)/t20-,22?,23+,24-,25?,26?,27+,28-,29+,30+,31-,32-,33-,34-,35+,36+,37+,39+,40+,41+,44+,45+,46-,47-,48+/m1/s1. The van der Waals surface area contributed by atoms with Crippen LogP contribution in [0.4, 0.5) is 0 Å². The number of aliphatic carboxylic acids is 1. The summed E-state index contributed by atoms with van der Waals surface area (Å²) in [6.07, 6.45) is -20.5. The van der Waals surface area contributed by atoms with Crippen molar-refractivity contribution in [3.05, 3.63) is 11.6 Å². The summed E-state index contributed by atoms with van der Waals surface area (Å²) < 4.78 is 34.8. The second kappa shape index (κ2) is 18.2. The Labute approximate surface area is 396 Å². The van der Waals surface area contributed by atoms with E-state index in [9.17, 15) is 70.9 Å². The first-order valence-electron chi connectivity index (χ1n) is 24.4. The predicted molar refractivity (Wildman–Crippen MR) is 232 cm³/mol. The van der Waals surface area contributed by atoms with Gasteiger partial charge in [0.15, 0.2) is 18.7 Å². The van der Waals surface area contributed by atoms with Gasteiger partial charge in [0.2, 0.25) is 6.29 Å². The first-order chi connectivity index (χ1) is 31.7. The summed E-state index contributed by atoms with van der Waals surface area (Å²) in [4.78, 5) is 27.3. The number of ether oxygens (including phenoxy) is 6. The maximum Gasteiger partial charge on any atom is 0.335 e. The Morgan fingerprint density at radius 3 is 1.96 bits per heavy atom. The molecule has 25 atom stereocenters. The van der Waals surface area contributed by atoms with E-state index in [1.165, 1.54) is 6.92 Å². The van der Waals surface area contributed by atoms with Crippen LogP contribution in [-0.2, 0) is 38.0 Å². The molecule has 3 aliphatic heterocycles. The van der Waals surface area contributed by atoms with Crippen LogP contribution in [0.5, 0.6) is 0 Å². The molecule has 3 unspecified atom stereocenters. The van der Waals surface area contributed by atoms with Crippen molar-refractivity contribution < 1.29 is 99.3 Å². The molecule has 12 N–H and O–H groups in total. The number of aliphatic hydroxyl groups is 11. The highest BCUT2D eigenvalue weighted by atomic mass is 16.7. The highest BCUT2D eigenvalue weighted by molar-refractivity contribution is 5.79. The zero-order valence-corrected chi connectivity index (χ0v) is 40.0. The number of fused-ring (bicyclic) bond motifs is 7. The molecule has 388 valence electrons. The van der Waals surface area contributed by atoms with Gasteiger partial charge in [-0.15, -0.1) is 0 Å². The van der Waals surface area contributed by atoms with E-state index in [4.69, 9.17) is 28.4 Å². The van der Waals surface area contributed by atoms with Crippen molar-refractivity contribution >= 4 is 11.9 Å². The second-order valence-corrected chi connectivity index (χ2v) is 23.5. The van der Waals surface area contributed by atoms with Gasteiger partial charge in [0, 0.05) is 5.41 Å². The molecule has 3 saturated heterocycles. The zero-order chi connectivity index (χ0) is 50.0. The van der Waals surface area contributed by atoms with Gasteiger partial charge in [0.1, 0.15) is 61.0 Å². The molecule has 4 saturated carbocycles. The molecule has 0 aromatic heterocycles. The molecule has 68 heavy (non-hydrogen) atoms. The van der Waals surface area contributed by atoms with E-state index in [0.717, 1.165) is 12.0 Å². The lowest BCUT2D eigenvalue weighted by Crippen LogP contribution is -2.70. The van der Waals surface area contributed by atoms with Crippen molar-refractivity contribution in [3.63, 3.8) is 0 Å². The Hall–Kier alpha value is -1.96. The Morgan fingerprint density at radius 1 is 0.691 bits per heavy atom. The second-order valence-electron chi connectivity index (χ2n) is 23.5. The van der Waals surface area contributed by atoms with Crippen LogP contribution >= 0.6 is 0 Å². The molecular formula is C48H76O20. The van der Waals surface area contributed by atoms with Crippen LogP contribution in [0.25, 0.3) is 0 Å². The fourth-order valence-corrected chi connectivity index (χ4v) is 15.1. The van der Waals surface area contributed by atoms with E-state index in [-0.39, 0.29) is 35.0 Å². The van der Waals surface area contributed by atoms with Gasteiger partial charge in [0.05, 0.1) is 36.9 Å². The molecule has 8 aliphatic rings. The normalized spacial score (nSPS) is 54.5. The number of hydrogen-bond donors (Lipinski definition) is 12. The molecule has 0 bridgehead atoms. The molecule has 20 heteroatoms. The van der Waals surface area contributed by atoms with E-state index in [2.05, 4.69) is 40.7 Å². The Balaban J connectivity index is 1.04. The molecule has 5 aliphatic carbocycles. The maximum atomic E-state index is 14.7. The van der Waals surface area contributed by atoms with Crippen molar-refractivity contribution in [1.29, 1.82) is 0 Å². The van der Waals surface area contributed by atoms with E-state index < -0.39 is 151 Å². The van der Waals surface area contributed by atoms with E-state index in [1.807, 2.05) is 0 Å². The Bertz CT molecular complexity index is 1920. The molecule has 8 rings (SSSR count). The van der Waals surface area contributed by atoms with E-state index in [1.54, 1.807) is 6.92 Å². The summed E-state index contributed by atoms with van der Waals surface area (Å²) in [5.74, 6) is -2.74. The average molecular weight is 973 g/mol. The molecular weight excluding hydrogens is 897 g/mol. The van der Waals surface area contributed by atoms with Crippen LogP contribution in [0, 0.1) is 50.2 Å². The maximum absolute atomic E-state index is 14.7. The van der Waals surface area contributed by atoms with Gasteiger partial charge in [-0.05, 0) is 104 Å². The SMILES string of the molecule is C[C@H]1O[C@@H](O[C@H]2[C@H](O)[C@@H](O)[C@H](O[C@H]3[C@@H](O)C[C@@]4(C)C(CC[C@]5(C)C4CC=C4C6CC(C)(C)CC[C@]6(C(=O)O[C@@H]6O[C@H](CO)[C@@H](O)[C@H](O)[C@H]6O)CC[C@]45C)[C@]3(C)CO)O[C@@H]2C(=O)O)[C@H](O)[C@@H](O)[C@H]1O. The molecule has 0 amide bonds. The first-order valence-corrected chi connectivity index (χ1v) is 24.4. The third-order valence-corrected chi connectivity index (χ3v) is 19.3. The molecule has 0 aromatic rings. The lowest BCUT2D eigenvalue weighted by molar-refractivity contribution is -0.367. The van der Waals surface area contributed by atoms with Crippen molar-refractivity contribution in [2.45, 2.75) is 211 Å². The van der Waals surface area contributed by atoms with Crippen LogP contribution in [0.2, 0.25) is 0 Å². The summed E-state index contributed by atoms with van der Waals surface area (Å²) in [6, 6.07) is 0. The Kier molecular flexibility index (Phi) is 14.0. The number of esters is 1. The number of aliphatic hydroxyl groups excluding tert-OH is 11. The van der Waals surface area contributed by atoms with Crippen molar-refractivity contribution in [3.8, 4) is 0 Å². The number of carbonyl (C=O) groups is 2. The molecule has 0 aromatic carbocycles. The van der Waals surface area contributed by atoms with Crippen LogP contribution in [0.3, 0.4) is 0 Å². The van der Waals surface area contributed by atoms with Gasteiger partial charge < -0.3 is 89.7 Å². The lowest BCUT2D eigenvalue weighted by atomic mass is 9.33. The number of allylic oxidation sites excluding steroid dienone is 2. The van der Waals surface area contributed by atoms with Crippen molar-refractivity contribution in [2.24, 2.45) is 50.2 Å². The fourth-order valence-electron chi connectivity index (χ4n) is 15.1. The van der Waals surface area contributed by atoms with Gasteiger partial charge in [-0.3, -0.25) is 4.79 Å². The van der Waals surface area contributed by atoms with Crippen molar-refractivity contribution in [2.75, 3.05) is 13.2 Å². The highest BCUT2D eigenvalue weighted by Gasteiger charge is 2.71. The monoisotopic (exact) mass is 972 g/mol. The average Bonchev–Trinajstić information content (AvgIpc) is 3.28. The van der Waals surface area contributed by atoms with Crippen LogP contribution in [0.15, 0.2) is 11.6 Å². The summed E-state index contributed by atoms with van der Waals surface area (Å²) >= 11 is 0. The predicted octanol–water partition coefficient (Wildman–Crippen LogP) is -0.796. The smallest absolute Gasteiger partial charge is 0.335 e. The third-order valence-electron chi connectivity index (χ3n) is 19.3. The minimum absolute atomic E-state index is 0.0403. The molecule has 0 radical (unpaired) electrons. The van der Waals surface area contributed by atoms with Gasteiger partial charge in [-0.2, -0.15) is 0 Å². The summed E-state index contributed by atoms with van der Waals surface area (Å²) in [7, 11) is 0. The Morgan fingerprint density at radius 2 is 1.31 bits per heavy atom. The summed E-state index contributed by atoms with van der Waals surface area (Å²) in [6.45, 7) is 13.1. The van der Waals surface area contributed by atoms with Gasteiger partial charge in [0.25, 0.3) is 0 Å². The topological polar surface area (TPSA) is 332 Å². The van der Waals surface area contributed by atoms with Crippen LogP contribution in [0.1, 0.15) is 106 Å². The number of carbonyl (C=O) groups excluding carboxylic acids is 1. The van der Waals surface area contributed by atoms with Crippen molar-refractivity contribution in [1.82, 2.24) is 0 Å². The van der Waals surface area contributed by atoms with E-state index >= 15 is 0 Å². The molecule has 20 nitrogen and oxygen atoms in total. The van der Waals surface area contributed by atoms with Crippen LogP contribution < -0.4 is 0 Å². The number of carboxylic acid groups (broad SMARTS) is 1. The zero-order valence-electron chi connectivity index (χ0n) is 40.0. The molecule has 0 spiro atoms. The largest absolute Gasteiger partial charge is 0.479 e. The minimum atomic E-state index is -2.01. The van der Waals surface area contributed by atoms with Gasteiger partial charge >= 0.3 is 11.9 Å². The van der Waals surface area contributed by atoms with Gasteiger partial charge in [-0.1, -0.05) is 53.2 Å². The van der Waals surface area contributed by atoms with Gasteiger partial charge in [-0.25, -0.2) is 4.79 Å². The molecule has 3 heterocycles. The number of rotatable bonds is 9. The lowest BCUT2D eigenvalue weighted by Gasteiger charge is -2.71. The van der Waals surface area contributed by atoms with E-state index in [0.29, 0.717) is 44.9 Å². The number of carboxylic acids is 1. The first kappa shape index (κ1) is 52.4. The number of hydrogen-bond acceptors (Lipinski definition) is 19. The summed E-state index contributed by atoms with van der Waals surface area (Å²) in [5.41, 5.74) is -2.55. The minimum Gasteiger partial charge on any atom is -0.479 e. The third kappa shape index (κ3) is 7.94. The van der Waals surface area contributed by atoms with Crippen LogP contribution in [-0.4, -0.2) is 191 Å². The fraction of sp³-hybridized carbons (Fsp3) is 0.917.